The van der Waals surface area contributed by atoms with Crippen molar-refractivity contribution in [2.24, 2.45) is 5.92 Å². The van der Waals surface area contributed by atoms with Gasteiger partial charge in [-0.1, -0.05) is 26.7 Å². The van der Waals surface area contributed by atoms with Crippen LogP contribution in [0.4, 0.5) is 0 Å². The molecule has 1 heterocycles. The summed E-state index contributed by atoms with van der Waals surface area (Å²) in [6, 6.07) is 2.28. The highest BCUT2D eigenvalue weighted by Crippen LogP contribution is 2.35. The van der Waals surface area contributed by atoms with Crippen LogP contribution in [0.5, 0.6) is 0 Å². The Morgan fingerprint density at radius 1 is 1.29 bits per heavy atom. The van der Waals surface area contributed by atoms with E-state index < -0.39 is 0 Å². The number of aliphatic hydroxyl groups excluding tert-OH is 1. The van der Waals surface area contributed by atoms with Gasteiger partial charge < -0.3 is 5.11 Å². The quantitative estimate of drug-likeness (QED) is 0.783. The SMILES string of the molecule is CCCC(C)C(O)c1cc2c(s1)CCCCC2. The Balaban J connectivity index is 2.11. The summed E-state index contributed by atoms with van der Waals surface area (Å²) < 4.78 is 0. The average Bonchev–Trinajstić information content (AvgIpc) is 2.60. The number of rotatable bonds is 4. The van der Waals surface area contributed by atoms with Gasteiger partial charge in [0, 0.05) is 9.75 Å². The van der Waals surface area contributed by atoms with Crippen molar-refractivity contribution in [3.63, 3.8) is 0 Å². The highest BCUT2D eigenvalue weighted by Gasteiger charge is 2.20. The van der Waals surface area contributed by atoms with E-state index in [-0.39, 0.29) is 6.10 Å². The van der Waals surface area contributed by atoms with Crippen molar-refractivity contribution >= 4 is 11.3 Å². The summed E-state index contributed by atoms with van der Waals surface area (Å²) in [6.45, 7) is 4.35. The van der Waals surface area contributed by atoms with Gasteiger partial charge in [-0.15, -0.1) is 11.3 Å². The van der Waals surface area contributed by atoms with Gasteiger partial charge in [0.25, 0.3) is 0 Å². The number of hydrogen-bond donors (Lipinski definition) is 1. The first-order valence-electron chi connectivity index (χ1n) is 7.02. The summed E-state index contributed by atoms with van der Waals surface area (Å²) in [7, 11) is 0. The van der Waals surface area contributed by atoms with Crippen LogP contribution in [0.1, 0.15) is 67.4 Å². The van der Waals surface area contributed by atoms with Gasteiger partial charge in [0.2, 0.25) is 0 Å². The fraction of sp³-hybridized carbons (Fsp3) is 0.733. The largest absolute Gasteiger partial charge is 0.387 e. The topological polar surface area (TPSA) is 20.2 Å². The van der Waals surface area contributed by atoms with E-state index in [1.54, 1.807) is 4.88 Å². The molecule has 0 bridgehead atoms. The molecule has 0 saturated heterocycles. The lowest BCUT2D eigenvalue weighted by Gasteiger charge is -2.16. The first-order chi connectivity index (χ1) is 8.22. The molecular formula is C15H24OS. The second-order valence-corrected chi connectivity index (χ2v) is 6.54. The zero-order valence-corrected chi connectivity index (χ0v) is 11.9. The number of thiophene rings is 1. The van der Waals surface area contributed by atoms with Crippen molar-refractivity contribution < 1.29 is 5.11 Å². The van der Waals surface area contributed by atoms with Gasteiger partial charge in [-0.3, -0.25) is 0 Å². The minimum Gasteiger partial charge on any atom is -0.387 e. The first kappa shape index (κ1) is 13.1. The molecule has 1 aliphatic carbocycles. The van der Waals surface area contributed by atoms with E-state index in [0.29, 0.717) is 5.92 Å². The van der Waals surface area contributed by atoms with Crippen molar-refractivity contribution in [1.82, 2.24) is 0 Å². The third-order valence-corrected chi connectivity index (χ3v) is 5.15. The molecule has 1 aliphatic rings. The Bertz CT molecular complexity index is 332. The Morgan fingerprint density at radius 3 is 2.82 bits per heavy atom. The molecule has 2 atom stereocenters. The molecule has 2 unspecified atom stereocenters. The van der Waals surface area contributed by atoms with Crippen LogP contribution in [0.15, 0.2) is 6.07 Å². The smallest absolute Gasteiger partial charge is 0.0907 e. The summed E-state index contributed by atoms with van der Waals surface area (Å²) in [5, 5.41) is 10.4. The van der Waals surface area contributed by atoms with E-state index in [1.807, 2.05) is 11.3 Å². The second kappa shape index (κ2) is 6.01. The maximum Gasteiger partial charge on any atom is 0.0907 e. The predicted octanol–water partition coefficient (Wildman–Crippen LogP) is 4.49. The van der Waals surface area contributed by atoms with Crippen LogP contribution < -0.4 is 0 Å². The molecule has 1 aromatic heterocycles. The van der Waals surface area contributed by atoms with Crippen molar-refractivity contribution in [2.75, 3.05) is 0 Å². The van der Waals surface area contributed by atoms with Crippen molar-refractivity contribution in [1.29, 1.82) is 0 Å². The van der Waals surface area contributed by atoms with Crippen LogP contribution in [0.3, 0.4) is 0 Å². The molecule has 0 spiro atoms. The lowest BCUT2D eigenvalue weighted by molar-refractivity contribution is 0.116. The van der Waals surface area contributed by atoms with Gasteiger partial charge in [0.15, 0.2) is 0 Å². The van der Waals surface area contributed by atoms with E-state index in [9.17, 15) is 5.11 Å². The number of aryl methyl sites for hydroxylation is 2. The molecule has 1 aromatic rings. The van der Waals surface area contributed by atoms with Gasteiger partial charge >= 0.3 is 0 Å². The Morgan fingerprint density at radius 2 is 2.06 bits per heavy atom. The van der Waals surface area contributed by atoms with E-state index >= 15 is 0 Å². The van der Waals surface area contributed by atoms with Crippen LogP contribution in [0, 0.1) is 5.92 Å². The predicted molar refractivity (Wildman–Crippen MR) is 74.6 cm³/mol. The lowest BCUT2D eigenvalue weighted by atomic mass is 9.97. The summed E-state index contributed by atoms with van der Waals surface area (Å²) in [6.07, 6.45) is 8.50. The molecule has 2 heteroatoms. The fourth-order valence-corrected chi connectivity index (χ4v) is 4.11. The average molecular weight is 252 g/mol. The molecule has 1 N–H and O–H groups in total. The summed E-state index contributed by atoms with van der Waals surface area (Å²) >= 11 is 1.86. The summed E-state index contributed by atoms with van der Waals surface area (Å²) in [4.78, 5) is 2.75. The molecule has 2 rings (SSSR count). The maximum atomic E-state index is 10.4. The van der Waals surface area contributed by atoms with E-state index in [0.717, 1.165) is 12.8 Å². The Kier molecular flexibility index (Phi) is 4.63. The van der Waals surface area contributed by atoms with E-state index in [4.69, 9.17) is 0 Å². The fourth-order valence-electron chi connectivity index (χ4n) is 2.73. The van der Waals surface area contributed by atoms with Gasteiger partial charge in [0.1, 0.15) is 0 Å². The normalized spacial score (nSPS) is 19.5. The summed E-state index contributed by atoms with van der Waals surface area (Å²) in [5.74, 6) is 0.391. The van der Waals surface area contributed by atoms with Gasteiger partial charge in [0.05, 0.1) is 6.10 Å². The molecule has 1 nitrogen and oxygen atoms in total. The Labute approximate surface area is 109 Å². The highest BCUT2D eigenvalue weighted by molar-refractivity contribution is 7.12. The maximum absolute atomic E-state index is 10.4. The second-order valence-electron chi connectivity index (χ2n) is 5.37. The van der Waals surface area contributed by atoms with Crippen molar-refractivity contribution in [3.8, 4) is 0 Å². The van der Waals surface area contributed by atoms with Crippen LogP contribution >= 0.6 is 11.3 Å². The zero-order valence-electron chi connectivity index (χ0n) is 11.0. The molecule has 0 amide bonds. The van der Waals surface area contributed by atoms with Gasteiger partial charge in [-0.05, 0) is 49.7 Å². The van der Waals surface area contributed by atoms with Crippen LogP contribution in [-0.4, -0.2) is 5.11 Å². The van der Waals surface area contributed by atoms with Crippen LogP contribution in [0.25, 0.3) is 0 Å². The minimum absolute atomic E-state index is 0.244. The molecule has 0 radical (unpaired) electrons. The number of hydrogen-bond acceptors (Lipinski definition) is 2. The highest BCUT2D eigenvalue weighted by atomic mass is 32.1. The van der Waals surface area contributed by atoms with Crippen molar-refractivity contribution in [2.45, 2.75) is 64.9 Å². The summed E-state index contributed by atoms with van der Waals surface area (Å²) in [5.41, 5.74) is 1.52. The zero-order chi connectivity index (χ0) is 12.3. The number of aliphatic hydroxyl groups is 1. The lowest BCUT2D eigenvalue weighted by Crippen LogP contribution is -2.07. The molecule has 96 valence electrons. The first-order valence-corrected chi connectivity index (χ1v) is 7.83. The third-order valence-electron chi connectivity index (χ3n) is 3.84. The number of fused-ring (bicyclic) bond motifs is 1. The van der Waals surface area contributed by atoms with Crippen LogP contribution in [-0.2, 0) is 12.8 Å². The van der Waals surface area contributed by atoms with Gasteiger partial charge in [-0.2, -0.15) is 0 Å². The molecular weight excluding hydrogens is 228 g/mol. The van der Waals surface area contributed by atoms with E-state index in [1.165, 1.54) is 42.5 Å². The monoisotopic (exact) mass is 252 g/mol. The van der Waals surface area contributed by atoms with Crippen LogP contribution in [0.2, 0.25) is 0 Å². The van der Waals surface area contributed by atoms with Gasteiger partial charge in [-0.25, -0.2) is 0 Å². The molecule has 0 aromatic carbocycles. The third kappa shape index (κ3) is 3.11. The van der Waals surface area contributed by atoms with Crippen molar-refractivity contribution in [3.05, 3.63) is 21.4 Å². The molecule has 17 heavy (non-hydrogen) atoms. The Hall–Kier alpha value is -0.340. The molecule has 0 fully saturated rings. The van der Waals surface area contributed by atoms with E-state index in [2.05, 4.69) is 19.9 Å². The molecule has 0 aliphatic heterocycles. The molecule has 0 saturated carbocycles. The minimum atomic E-state index is -0.244. The standard InChI is InChI=1S/C15H24OS/c1-3-7-11(2)15(16)14-10-12-8-5-4-6-9-13(12)17-14/h10-11,15-16H,3-9H2,1-2H3.